The van der Waals surface area contributed by atoms with Gasteiger partial charge in [-0.15, -0.1) is 11.3 Å². The van der Waals surface area contributed by atoms with E-state index in [1.54, 1.807) is 30.7 Å². The molecule has 0 bridgehead atoms. The summed E-state index contributed by atoms with van der Waals surface area (Å²) < 4.78 is 21.9. The number of halogens is 2. The van der Waals surface area contributed by atoms with E-state index >= 15 is 0 Å². The van der Waals surface area contributed by atoms with Crippen LogP contribution in [0.3, 0.4) is 0 Å². The van der Waals surface area contributed by atoms with Crippen LogP contribution in [-0.4, -0.2) is 14.9 Å². The summed E-state index contributed by atoms with van der Waals surface area (Å²) in [6, 6.07) is 27.7. The molecule has 0 fully saturated rings. The van der Waals surface area contributed by atoms with Gasteiger partial charge in [0.2, 0.25) is 0 Å². The largest absolute Gasteiger partial charge is 0.488 e. The first-order valence-corrected chi connectivity index (χ1v) is 12.6. The molecule has 0 saturated heterocycles. The smallest absolute Gasteiger partial charge is 0.131 e. The molecule has 5 aromatic rings. The molecule has 36 heavy (non-hydrogen) atoms. The maximum absolute atomic E-state index is 14.1. The number of rotatable bonds is 7. The van der Waals surface area contributed by atoms with Crippen LogP contribution in [0.25, 0.3) is 26.7 Å². The van der Waals surface area contributed by atoms with E-state index in [0.717, 1.165) is 26.6 Å². The fraction of sp³-hybridized carbons (Fsp3) is 0.138. The maximum Gasteiger partial charge on any atom is 0.131 e. The number of aliphatic hydroxyl groups is 1. The predicted molar refractivity (Wildman–Crippen MR) is 143 cm³/mol. The van der Waals surface area contributed by atoms with Crippen molar-refractivity contribution in [3.05, 3.63) is 113 Å². The molecule has 1 N–H and O–H groups in total. The van der Waals surface area contributed by atoms with Gasteiger partial charge in [0.1, 0.15) is 23.8 Å². The van der Waals surface area contributed by atoms with Gasteiger partial charge in [0.15, 0.2) is 0 Å². The SMILES string of the molecule is CC(C)(O)c1cc(-c2ccc(-c3ccc(F)cc3OCc3ccccc3)s2)n(-c2ccccc2Cl)n1. The van der Waals surface area contributed by atoms with E-state index in [9.17, 15) is 9.50 Å². The van der Waals surface area contributed by atoms with Crippen LogP contribution < -0.4 is 4.74 Å². The number of aromatic nitrogens is 2. The van der Waals surface area contributed by atoms with Crippen molar-refractivity contribution in [1.29, 1.82) is 0 Å². The minimum Gasteiger partial charge on any atom is -0.488 e. The van der Waals surface area contributed by atoms with Crippen LogP contribution in [0.2, 0.25) is 5.02 Å². The van der Waals surface area contributed by atoms with Crippen LogP contribution in [0.5, 0.6) is 5.75 Å². The topological polar surface area (TPSA) is 47.3 Å². The second-order valence-corrected chi connectivity index (χ2v) is 10.4. The second kappa shape index (κ2) is 9.90. The Labute approximate surface area is 218 Å². The van der Waals surface area contributed by atoms with E-state index in [4.69, 9.17) is 16.3 Å². The van der Waals surface area contributed by atoms with E-state index in [1.807, 2.05) is 66.7 Å². The number of ether oxygens (including phenoxy) is 1. The lowest BCUT2D eigenvalue weighted by molar-refractivity contribution is 0.0734. The molecule has 0 amide bonds. The molecule has 0 aliphatic rings. The molecule has 7 heteroatoms. The minimum absolute atomic E-state index is 0.337. The maximum atomic E-state index is 14.1. The Bertz CT molecular complexity index is 1510. The molecule has 5 rings (SSSR count). The average molecular weight is 519 g/mol. The van der Waals surface area contributed by atoms with Gasteiger partial charge in [0, 0.05) is 16.5 Å². The van der Waals surface area contributed by atoms with Crippen molar-refractivity contribution in [2.24, 2.45) is 0 Å². The predicted octanol–water partition coefficient (Wildman–Crippen LogP) is 7.87. The first-order valence-electron chi connectivity index (χ1n) is 11.4. The zero-order chi connectivity index (χ0) is 25.3. The number of para-hydroxylation sites is 1. The van der Waals surface area contributed by atoms with Crippen molar-refractivity contribution in [1.82, 2.24) is 9.78 Å². The van der Waals surface area contributed by atoms with Crippen LogP contribution in [-0.2, 0) is 12.2 Å². The van der Waals surface area contributed by atoms with Crippen LogP contribution in [0, 0.1) is 5.82 Å². The molecule has 182 valence electrons. The summed E-state index contributed by atoms with van der Waals surface area (Å²) in [7, 11) is 0. The van der Waals surface area contributed by atoms with Crippen molar-refractivity contribution in [3.8, 4) is 32.4 Å². The Morgan fingerprint density at radius 2 is 1.67 bits per heavy atom. The molecule has 2 heterocycles. The molecule has 0 aliphatic carbocycles. The highest BCUT2D eigenvalue weighted by atomic mass is 35.5. The summed E-state index contributed by atoms with van der Waals surface area (Å²) in [6.45, 7) is 3.74. The van der Waals surface area contributed by atoms with Crippen molar-refractivity contribution >= 4 is 22.9 Å². The number of nitrogens with zero attached hydrogens (tertiary/aromatic N) is 2. The Morgan fingerprint density at radius 3 is 2.42 bits per heavy atom. The van der Waals surface area contributed by atoms with Gasteiger partial charge in [0.05, 0.1) is 27.0 Å². The summed E-state index contributed by atoms with van der Waals surface area (Å²) >= 11 is 8.02. The van der Waals surface area contributed by atoms with Crippen LogP contribution in [0.4, 0.5) is 4.39 Å². The van der Waals surface area contributed by atoms with Crippen molar-refractivity contribution in [3.63, 3.8) is 0 Å². The molecule has 0 radical (unpaired) electrons. The van der Waals surface area contributed by atoms with Gasteiger partial charge in [-0.05, 0) is 61.9 Å². The third kappa shape index (κ3) is 5.07. The van der Waals surface area contributed by atoms with E-state index in [-0.39, 0.29) is 5.82 Å². The summed E-state index contributed by atoms with van der Waals surface area (Å²) in [6.07, 6.45) is 0. The third-order valence-electron chi connectivity index (χ3n) is 5.72. The first-order chi connectivity index (χ1) is 17.3. The average Bonchev–Trinajstić information content (AvgIpc) is 3.51. The van der Waals surface area contributed by atoms with Crippen LogP contribution in [0.15, 0.2) is 91.0 Å². The third-order valence-corrected chi connectivity index (χ3v) is 7.18. The molecule has 0 saturated carbocycles. The van der Waals surface area contributed by atoms with Gasteiger partial charge in [-0.25, -0.2) is 9.07 Å². The van der Waals surface area contributed by atoms with Crippen molar-refractivity contribution in [2.75, 3.05) is 0 Å². The van der Waals surface area contributed by atoms with Gasteiger partial charge in [-0.2, -0.15) is 5.10 Å². The summed E-state index contributed by atoms with van der Waals surface area (Å²) in [5.41, 5.74) is 2.72. The Morgan fingerprint density at radius 1 is 0.944 bits per heavy atom. The van der Waals surface area contributed by atoms with Gasteiger partial charge in [0.25, 0.3) is 0 Å². The molecule has 0 unspecified atom stereocenters. The molecule has 4 nitrogen and oxygen atoms in total. The fourth-order valence-corrected chi connectivity index (χ4v) is 5.09. The molecule has 0 spiro atoms. The van der Waals surface area contributed by atoms with E-state index in [1.165, 1.54) is 23.5 Å². The lowest BCUT2D eigenvalue weighted by atomic mass is 10.1. The molecule has 0 aliphatic heterocycles. The van der Waals surface area contributed by atoms with Crippen LogP contribution >= 0.6 is 22.9 Å². The van der Waals surface area contributed by atoms with Crippen molar-refractivity contribution < 1.29 is 14.2 Å². The van der Waals surface area contributed by atoms with E-state index in [2.05, 4.69) is 5.10 Å². The highest BCUT2D eigenvalue weighted by Gasteiger charge is 2.24. The number of hydrogen-bond donors (Lipinski definition) is 1. The second-order valence-electron chi connectivity index (χ2n) is 8.92. The van der Waals surface area contributed by atoms with Gasteiger partial charge in [-0.3, -0.25) is 0 Å². The van der Waals surface area contributed by atoms with Crippen molar-refractivity contribution in [2.45, 2.75) is 26.1 Å². The molecule has 3 aromatic carbocycles. The lowest BCUT2D eigenvalue weighted by Crippen LogP contribution is -2.16. The number of hydrogen-bond acceptors (Lipinski definition) is 4. The molecular formula is C29H24ClFN2O2S. The van der Waals surface area contributed by atoms with Crippen LogP contribution in [0.1, 0.15) is 25.1 Å². The monoisotopic (exact) mass is 518 g/mol. The molecule has 2 aromatic heterocycles. The zero-order valence-electron chi connectivity index (χ0n) is 19.8. The highest BCUT2D eigenvalue weighted by Crippen LogP contribution is 2.41. The summed E-state index contributed by atoms with van der Waals surface area (Å²) in [5.74, 6) is 0.120. The zero-order valence-corrected chi connectivity index (χ0v) is 21.4. The Kier molecular flexibility index (Phi) is 6.67. The molecular weight excluding hydrogens is 495 g/mol. The van der Waals surface area contributed by atoms with Gasteiger partial charge >= 0.3 is 0 Å². The van der Waals surface area contributed by atoms with E-state index in [0.29, 0.717) is 28.8 Å². The summed E-state index contributed by atoms with van der Waals surface area (Å²) in [4.78, 5) is 1.84. The number of benzene rings is 3. The van der Waals surface area contributed by atoms with Gasteiger partial charge in [-0.1, -0.05) is 54.1 Å². The standard InChI is InChI=1S/C29H24ClFN2O2S/c1-29(2,34)28-17-24(33(32-28)23-11-7-6-10-22(23)30)27-15-14-26(36-27)21-13-12-20(31)16-25(21)35-18-19-8-4-3-5-9-19/h3-17,34H,18H2,1-2H3. The highest BCUT2D eigenvalue weighted by molar-refractivity contribution is 7.18. The fourth-order valence-electron chi connectivity index (χ4n) is 3.84. The Hall–Kier alpha value is -3.45. The number of thiophene rings is 1. The van der Waals surface area contributed by atoms with Gasteiger partial charge < -0.3 is 9.84 Å². The van der Waals surface area contributed by atoms with E-state index < -0.39 is 5.60 Å². The molecule has 0 atom stereocenters. The first kappa shape index (κ1) is 24.3. The quantitative estimate of drug-likeness (QED) is 0.238. The summed E-state index contributed by atoms with van der Waals surface area (Å²) in [5, 5.41) is 15.9. The lowest BCUT2D eigenvalue weighted by Gasteiger charge is -2.13. The normalized spacial score (nSPS) is 11.6. The Balaban J connectivity index is 1.54. The minimum atomic E-state index is -1.13.